The van der Waals surface area contributed by atoms with Crippen molar-refractivity contribution in [3.05, 3.63) is 41.5 Å². The molecule has 1 amide bonds. The second-order valence-electron chi connectivity index (χ2n) is 7.31. The molecule has 1 saturated heterocycles. The molecule has 2 heterocycles. The van der Waals surface area contributed by atoms with Crippen LogP contribution in [0, 0.1) is 5.92 Å². The Balaban J connectivity index is 1.65. The van der Waals surface area contributed by atoms with Crippen LogP contribution >= 0.6 is 11.6 Å². The number of nitrogens with zero attached hydrogens (tertiary/aromatic N) is 2. The molecule has 2 aliphatic rings. The highest BCUT2D eigenvalue weighted by atomic mass is 35.5. The molecule has 0 aromatic carbocycles. The average molecular weight is 376 g/mol. The van der Waals surface area contributed by atoms with Gasteiger partial charge < -0.3 is 15.0 Å². The second kappa shape index (κ2) is 8.23. The fraction of sp³-hybridized carbons (Fsp3) is 0.500. The highest BCUT2D eigenvalue weighted by Gasteiger charge is 2.26. The number of nitrogens with one attached hydrogen (secondary N) is 1. The SMILES string of the molecule is CC1=CC=C(C(=O)Nc2cccc(O[C@H]3CCN(C)C[C@H]3C)n2)C(Cl)C1. The van der Waals surface area contributed by atoms with Crippen LogP contribution < -0.4 is 10.1 Å². The number of halogens is 1. The average Bonchev–Trinajstić information content (AvgIpc) is 2.57. The maximum absolute atomic E-state index is 12.5. The lowest BCUT2D eigenvalue weighted by molar-refractivity contribution is -0.113. The first-order chi connectivity index (χ1) is 12.4. The molecule has 5 nitrogen and oxygen atoms in total. The molecule has 1 aromatic rings. The first-order valence-electron chi connectivity index (χ1n) is 9.07. The van der Waals surface area contributed by atoms with Gasteiger partial charge in [-0.2, -0.15) is 4.98 Å². The molecule has 6 heteroatoms. The number of piperidine rings is 1. The molecule has 26 heavy (non-hydrogen) atoms. The van der Waals surface area contributed by atoms with Gasteiger partial charge in [0.05, 0.1) is 5.38 Å². The first kappa shape index (κ1) is 18.9. The van der Waals surface area contributed by atoms with E-state index in [0.29, 0.717) is 29.6 Å². The topological polar surface area (TPSA) is 54.5 Å². The minimum atomic E-state index is -0.306. The Hall–Kier alpha value is -1.85. The van der Waals surface area contributed by atoms with Crippen molar-refractivity contribution in [2.45, 2.75) is 38.2 Å². The maximum Gasteiger partial charge on any atom is 0.254 e. The van der Waals surface area contributed by atoms with E-state index in [9.17, 15) is 4.79 Å². The maximum atomic E-state index is 12.5. The Morgan fingerprint density at radius 3 is 2.92 bits per heavy atom. The summed E-state index contributed by atoms with van der Waals surface area (Å²) in [7, 11) is 2.13. The summed E-state index contributed by atoms with van der Waals surface area (Å²) in [6, 6.07) is 5.43. The van der Waals surface area contributed by atoms with Crippen LogP contribution in [0.5, 0.6) is 5.88 Å². The molecule has 0 saturated carbocycles. The molecule has 1 fully saturated rings. The third-order valence-corrected chi connectivity index (χ3v) is 5.30. The Bertz CT molecular complexity index is 732. The number of rotatable bonds is 4. The van der Waals surface area contributed by atoms with E-state index in [0.717, 1.165) is 19.5 Å². The molecule has 140 valence electrons. The van der Waals surface area contributed by atoms with Crippen LogP contribution in [0.25, 0.3) is 0 Å². The number of amides is 1. The summed E-state index contributed by atoms with van der Waals surface area (Å²) >= 11 is 6.31. The minimum absolute atomic E-state index is 0.144. The summed E-state index contributed by atoms with van der Waals surface area (Å²) < 4.78 is 6.08. The normalized spacial score (nSPS) is 26.7. The van der Waals surface area contributed by atoms with Gasteiger partial charge >= 0.3 is 0 Å². The van der Waals surface area contributed by atoms with Crippen LogP contribution in [0.1, 0.15) is 26.7 Å². The van der Waals surface area contributed by atoms with E-state index in [4.69, 9.17) is 16.3 Å². The van der Waals surface area contributed by atoms with Crippen molar-refractivity contribution < 1.29 is 9.53 Å². The number of aromatic nitrogens is 1. The van der Waals surface area contributed by atoms with Crippen LogP contribution in [-0.2, 0) is 4.79 Å². The number of hydrogen-bond donors (Lipinski definition) is 1. The predicted octanol–water partition coefficient (Wildman–Crippen LogP) is 3.62. The minimum Gasteiger partial charge on any atom is -0.474 e. The Morgan fingerprint density at radius 1 is 1.38 bits per heavy atom. The summed E-state index contributed by atoms with van der Waals surface area (Å²) in [4.78, 5) is 19.2. The lowest BCUT2D eigenvalue weighted by Gasteiger charge is -2.34. The van der Waals surface area contributed by atoms with E-state index in [-0.39, 0.29) is 17.4 Å². The molecular weight excluding hydrogens is 350 g/mol. The van der Waals surface area contributed by atoms with Crippen molar-refractivity contribution in [1.82, 2.24) is 9.88 Å². The predicted molar refractivity (Wildman–Crippen MR) is 105 cm³/mol. The summed E-state index contributed by atoms with van der Waals surface area (Å²) in [5, 5.41) is 2.53. The zero-order valence-electron chi connectivity index (χ0n) is 15.5. The van der Waals surface area contributed by atoms with Gasteiger partial charge in [-0.3, -0.25) is 4.79 Å². The molecule has 1 unspecified atom stereocenters. The highest BCUT2D eigenvalue weighted by molar-refractivity contribution is 6.27. The summed E-state index contributed by atoms with van der Waals surface area (Å²) in [5.41, 5.74) is 1.73. The molecule has 0 bridgehead atoms. The fourth-order valence-electron chi connectivity index (χ4n) is 3.42. The van der Waals surface area contributed by atoms with Crippen LogP contribution in [-0.4, -0.2) is 47.4 Å². The van der Waals surface area contributed by atoms with Crippen LogP contribution in [0.4, 0.5) is 5.82 Å². The van der Waals surface area contributed by atoms with Gasteiger partial charge in [-0.15, -0.1) is 11.6 Å². The Kier molecular flexibility index (Phi) is 5.99. The van der Waals surface area contributed by atoms with Gasteiger partial charge in [-0.25, -0.2) is 0 Å². The van der Waals surface area contributed by atoms with Crippen LogP contribution in [0.2, 0.25) is 0 Å². The van der Waals surface area contributed by atoms with Gasteiger partial charge in [0.2, 0.25) is 5.88 Å². The Labute approximate surface area is 160 Å². The quantitative estimate of drug-likeness (QED) is 0.816. The monoisotopic (exact) mass is 375 g/mol. The van der Waals surface area contributed by atoms with E-state index in [1.165, 1.54) is 5.57 Å². The number of ether oxygens (including phenoxy) is 1. The van der Waals surface area contributed by atoms with Crippen molar-refractivity contribution in [1.29, 1.82) is 0 Å². The Morgan fingerprint density at radius 2 is 2.19 bits per heavy atom. The molecule has 0 radical (unpaired) electrons. The molecule has 3 atom stereocenters. The molecular formula is C20H26ClN3O2. The molecule has 0 spiro atoms. The molecule has 1 N–H and O–H groups in total. The fourth-order valence-corrected chi connectivity index (χ4v) is 3.83. The zero-order chi connectivity index (χ0) is 18.7. The van der Waals surface area contributed by atoms with Crippen molar-refractivity contribution in [3.8, 4) is 5.88 Å². The van der Waals surface area contributed by atoms with Crippen LogP contribution in [0.15, 0.2) is 41.5 Å². The summed E-state index contributed by atoms with van der Waals surface area (Å²) in [5.74, 6) is 1.24. The molecule has 3 rings (SSSR count). The lowest BCUT2D eigenvalue weighted by Crippen LogP contribution is -2.42. The van der Waals surface area contributed by atoms with Gasteiger partial charge in [-0.05, 0) is 32.9 Å². The largest absolute Gasteiger partial charge is 0.474 e. The summed E-state index contributed by atoms with van der Waals surface area (Å²) in [6.45, 7) is 6.23. The summed E-state index contributed by atoms with van der Waals surface area (Å²) in [6.07, 6.45) is 5.52. The first-order valence-corrected chi connectivity index (χ1v) is 9.51. The van der Waals surface area contributed by atoms with E-state index in [1.807, 2.05) is 25.1 Å². The second-order valence-corrected chi connectivity index (χ2v) is 7.83. The number of hydrogen-bond acceptors (Lipinski definition) is 4. The zero-order valence-corrected chi connectivity index (χ0v) is 16.3. The van der Waals surface area contributed by atoms with E-state index in [2.05, 4.69) is 29.2 Å². The number of pyridine rings is 1. The third-order valence-electron chi connectivity index (χ3n) is 4.92. The number of alkyl halides is 1. The van der Waals surface area contributed by atoms with Gasteiger partial charge in [0.25, 0.3) is 5.91 Å². The molecule has 1 aliphatic heterocycles. The van der Waals surface area contributed by atoms with Crippen molar-refractivity contribution >= 4 is 23.3 Å². The number of carbonyl (C=O) groups is 1. The van der Waals surface area contributed by atoms with Crippen molar-refractivity contribution in [2.24, 2.45) is 5.92 Å². The number of anilines is 1. The van der Waals surface area contributed by atoms with Crippen molar-refractivity contribution in [3.63, 3.8) is 0 Å². The van der Waals surface area contributed by atoms with Gasteiger partial charge in [-0.1, -0.05) is 30.7 Å². The standard InChI is InChI=1S/C20H26ClN3O2/c1-13-7-8-15(16(21)11-13)20(25)23-18-5-4-6-19(22-18)26-17-9-10-24(3)12-14(17)2/h4-8,14,16-17H,9-12H2,1-3H3,(H,22,23,25)/t14-,16?,17+/m1/s1. The van der Waals surface area contributed by atoms with Gasteiger partial charge in [0, 0.05) is 30.6 Å². The van der Waals surface area contributed by atoms with E-state index >= 15 is 0 Å². The number of carbonyl (C=O) groups excluding carboxylic acids is 1. The highest BCUT2D eigenvalue weighted by Crippen LogP contribution is 2.25. The lowest BCUT2D eigenvalue weighted by atomic mass is 9.97. The number of likely N-dealkylation sites (tertiary alicyclic amines) is 1. The number of allylic oxidation sites excluding steroid dienone is 3. The van der Waals surface area contributed by atoms with Crippen molar-refractivity contribution in [2.75, 3.05) is 25.5 Å². The molecule has 1 aliphatic carbocycles. The molecule has 1 aromatic heterocycles. The van der Waals surface area contributed by atoms with Crippen LogP contribution in [0.3, 0.4) is 0 Å². The third kappa shape index (κ3) is 4.65. The van der Waals surface area contributed by atoms with Gasteiger partial charge in [0.15, 0.2) is 0 Å². The van der Waals surface area contributed by atoms with E-state index in [1.54, 1.807) is 12.1 Å². The van der Waals surface area contributed by atoms with E-state index < -0.39 is 0 Å². The van der Waals surface area contributed by atoms with Gasteiger partial charge in [0.1, 0.15) is 11.9 Å². The smallest absolute Gasteiger partial charge is 0.254 e.